The highest BCUT2D eigenvalue weighted by atomic mass is 35.5. The summed E-state index contributed by atoms with van der Waals surface area (Å²) in [7, 11) is 0. The number of hydrogen-bond donors (Lipinski definition) is 1. The second kappa shape index (κ2) is 6.72. The second-order valence-corrected chi connectivity index (χ2v) is 6.41. The molecule has 3 aromatic rings. The first kappa shape index (κ1) is 18.4. The lowest BCUT2D eigenvalue weighted by Gasteiger charge is -2.21. The van der Waals surface area contributed by atoms with Crippen LogP contribution in [0.1, 0.15) is 35.5 Å². The molecule has 1 aromatic carbocycles. The van der Waals surface area contributed by atoms with Crippen LogP contribution >= 0.6 is 11.6 Å². The Bertz CT molecular complexity index is 973. The van der Waals surface area contributed by atoms with Crippen molar-refractivity contribution in [3.8, 4) is 0 Å². The van der Waals surface area contributed by atoms with Gasteiger partial charge in [0.1, 0.15) is 16.8 Å². The molecule has 0 aliphatic rings. The lowest BCUT2D eigenvalue weighted by Crippen LogP contribution is -2.14. The number of fused-ring (bicyclic) bond motifs is 1. The highest BCUT2D eigenvalue weighted by Gasteiger charge is 2.33. The van der Waals surface area contributed by atoms with E-state index in [-0.39, 0.29) is 10.7 Å². The topological polar surface area (TPSA) is 50.7 Å². The molecular weight excluding hydrogens is 365 g/mol. The van der Waals surface area contributed by atoms with Crippen LogP contribution < -0.4 is 5.32 Å². The summed E-state index contributed by atoms with van der Waals surface area (Å²) in [5.74, 6) is 1.03. The standard InChI is InChI=1S/C18H16ClF3N4/c1-9-12(5-4-6-14(9)18(20,21)22)10(2)24-17-13-7-16(19)23-8-15(13)25-11(3)26-17/h4-8,10H,1-3H3,(H,24,25,26)/t10-/m1/s1. The molecule has 0 aliphatic carbocycles. The summed E-state index contributed by atoms with van der Waals surface area (Å²) in [4.78, 5) is 12.7. The Morgan fingerprint density at radius 3 is 2.58 bits per heavy atom. The van der Waals surface area contributed by atoms with Crippen LogP contribution in [0.15, 0.2) is 30.5 Å². The third-order valence-electron chi connectivity index (χ3n) is 4.16. The van der Waals surface area contributed by atoms with Crippen molar-refractivity contribution in [2.24, 2.45) is 0 Å². The van der Waals surface area contributed by atoms with E-state index in [0.29, 0.717) is 28.1 Å². The quantitative estimate of drug-likeness (QED) is 0.611. The number of pyridine rings is 1. The smallest absolute Gasteiger partial charge is 0.363 e. The first-order valence-corrected chi connectivity index (χ1v) is 8.27. The van der Waals surface area contributed by atoms with Crippen molar-refractivity contribution < 1.29 is 13.2 Å². The van der Waals surface area contributed by atoms with E-state index in [4.69, 9.17) is 11.6 Å². The highest BCUT2D eigenvalue weighted by molar-refractivity contribution is 6.30. The predicted molar refractivity (Wildman–Crippen MR) is 95.3 cm³/mol. The maximum absolute atomic E-state index is 13.2. The lowest BCUT2D eigenvalue weighted by atomic mass is 9.97. The van der Waals surface area contributed by atoms with Gasteiger partial charge in [-0.15, -0.1) is 0 Å². The maximum atomic E-state index is 13.2. The van der Waals surface area contributed by atoms with Gasteiger partial charge < -0.3 is 5.32 Å². The van der Waals surface area contributed by atoms with Crippen molar-refractivity contribution >= 4 is 28.3 Å². The minimum atomic E-state index is -4.39. The second-order valence-electron chi connectivity index (χ2n) is 6.03. The van der Waals surface area contributed by atoms with E-state index < -0.39 is 17.8 Å². The largest absolute Gasteiger partial charge is 0.416 e. The SMILES string of the molecule is Cc1nc(N[C@H](C)c2cccc(C(F)(F)F)c2C)c2cc(Cl)ncc2n1. The van der Waals surface area contributed by atoms with Gasteiger partial charge in [-0.1, -0.05) is 23.7 Å². The molecule has 1 N–H and O–H groups in total. The first-order valence-electron chi connectivity index (χ1n) is 7.90. The molecule has 3 rings (SSSR count). The van der Waals surface area contributed by atoms with Crippen LogP contribution in [0.5, 0.6) is 0 Å². The van der Waals surface area contributed by atoms with Crippen LogP contribution in [0, 0.1) is 13.8 Å². The Morgan fingerprint density at radius 2 is 1.88 bits per heavy atom. The summed E-state index contributed by atoms with van der Waals surface area (Å²) >= 11 is 5.96. The summed E-state index contributed by atoms with van der Waals surface area (Å²) in [6.07, 6.45) is -2.85. The molecule has 0 amide bonds. The number of halogens is 4. The van der Waals surface area contributed by atoms with Crippen LogP contribution in [-0.4, -0.2) is 15.0 Å². The third-order valence-corrected chi connectivity index (χ3v) is 4.37. The van der Waals surface area contributed by atoms with Gasteiger partial charge in [0.25, 0.3) is 0 Å². The molecular formula is C18H16ClF3N4. The van der Waals surface area contributed by atoms with Crippen LogP contribution in [0.3, 0.4) is 0 Å². The fourth-order valence-electron chi connectivity index (χ4n) is 2.95. The molecule has 0 bridgehead atoms. The van der Waals surface area contributed by atoms with E-state index >= 15 is 0 Å². The Kier molecular flexibility index (Phi) is 4.75. The molecule has 0 fully saturated rings. The number of aryl methyl sites for hydroxylation is 1. The molecule has 0 radical (unpaired) electrons. The van der Waals surface area contributed by atoms with Crippen molar-refractivity contribution in [2.45, 2.75) is 33.0 Å². The van der Waals surface area contributed by atoms with Crippen LogP contribution in [0.25, 0.3) is 10.9 Å². The Labute approximate surface area is 153 Å². The molecule has 2 aromatic heterocycles. The van der Waals surface area contributed by atoms with Crippen LogP contribution in [-0.2, 0) is 6.18 Å². The van der Waals surface area contributed by atoms with E-state index in [1.54, 1.807) is 26.0 Å². The molecule has 1 atom stereocenters. The van der Waals surface area contributed by atoms with Gasteiger partial charge in [0.05, 0.1) is 23.3 Å². The van der Waals surface area contributed by atoms with Gasteiger partial charge in [0, 0.05) is 5.39 Å². The number of nitrogens with zero attached hydrogens (tertiary/aromatic N) is 3. The van der Waals surface area contributed by atoms with Gasteiger partial charge in [-0.25, -0.2) is 15.0 Å². The fourth-order valence-corrected chi connectivity index (χ4v) is 3.10. The number of benzene rings is 1. The van der Waals surface area contributed by atoms with E-state index in [9.17, 15) is 13.2 Å². The zero-order valence-corrected chi connectivity index (χ0v) is 15.1. The summed E-state index contributed by atoms with van der Waals surface area (Å²) in [6.45, 7) is 4.99. The minimum Gasteiger partial charge on any atom is -0.363 e. The van der Waals surface area contributed by atoms with Gasteiger partial charge in [0.2, 0.25) is 0 Å². The van der Waals surface area contributed by atoms with Crippen LogP contribution in [0.4, 0.5) is 19.0 Å². The molecule has 0 unspecified atom stereocenters. The molecule has 0 spiro atoms. The number of alkyl halides is 3. The van der Waals surface area contributed by atoms with Crippen molar-refractivity contribution in [1.29, 1.82) is 0 Å². The van der Waals surface area contributed by atoms with Crippen molar-refractivity contribution in [3.63, 3.8) is 0 Å². The fraction of sp³-hybridized carbons (Fsp3) is 0.278. The van der Waals surface area contributed by atoms with Gasteiger partial charge in [-0.2, -0.15) is 13.2 Å². The molecule has 2 heterocycles. The van der Waals surface area contributed by atoms with Crippen molar-refractivity contribution in [1.82, 2.24) is 15.0 Å². The zero-order valence-electron chi connectivity index (χ0n) is 14.3. The summed E-state index contributed by atoms with van der Waals surface area (Å²) < 4.78 is 39.5. The number of aromatic nitrogens is 3. The highest BCUT2D eigenvalue weighted by Crippen LogP contribution is 2.35. The normalized spacial score (nSPS) is 13.0. The average molecular weight is 381 g/mol. The Hall–Kier alpha value is -2.41. The summed E-state index contributed by atoms with van der Waals surface area (Å²) in [6, 6.07) is 5.40. The lowest BCUT2D eigenvalue weighted by molar-refractivity contribution is -0.138. The van der Waals surface area contributed by atoms with E-state index in [1.807, 2.05) is 0 Å². The van der Waals surface area contributed by atoms with Gasteiger partial charge in [-0.3, -0.25) is 0 Å². The predicted octanol–water partition coefficient (Wildman–Crippen LogP) is 5.49. The molecule has 0 aliphatic heterocycles. The monoisotopic (exact) mass is 380 g/mol. The average Bonchev–Trinajstić information content (AvgIpc) is 2.54. The third kappa shape index (κ3) is 3.58. The van der Waals surface area contributed by atoms with Crippen LogP contribution in [0.2, 0.25) is 5.15 Å². The Morgan fingerprint density at radius 1 is 1.15 bits per heavy atom. The molecule has 8 heteroatoms. The van der Waals surface area contributed by atoms with Crippen molar-refractivity contribution in [2.75, 3.05) is 5.32 Å². The molecule has 0 saturated heterocycles. The summed E-state index contributed by atoms with van der Waals surface area (Å²) in [5, 5.41) is 4.13. The molecule has 136 valence electrons. The van der Waals surface area contributed by atoms with Gasteiger partial charge in [0.15, 0.2) is 0 Å². The van der Waals surface area contributed by atoms with E-state index in [2.05, 4.69) is 20.3 Å². The number of hydrogen-bond acceptors (Lipinski definition) is 4. The maximum Gasteiger partial charge on any atom is 0.416 e. The zero-order chi connectivity index (χ0) is 19.1. The number of anilines is 1. The summed E-state index contributed by atoms with van der Waals surface area (Å²) in [5.41, 5.74) is 0.705. The van der Waals surface area contributed by atoms with Gasteiger partial charge in [-0.05, 0) is 44.0 Å². The van der Waals surface area contributed by atoms with Crippen molar-refractivity contribution in [3.05, 3.63) is 58.1 Å². The van der Waals surface area contributed by atoms with Gasteiger partial charge >= 0.3 is 6.18 Å². The molecule has 0 saturated carbocycles. The first-order chi connectivity index (χ1) is 12.2. The number of nitrogens with one attached hydrogen (secondary N) is 1. The minimum absolute atomic E-state index is 0.190. The molecule has 4 nitrogen and oxygen atoms in total. The van der Waals surface area contributed by atoms with E-state index in [0.717, 1.165) is 6.07 Å². The Balaban J connectivity index is 2.03. The van der Waals surface area contributed by atoms with E-state index in [1.165, 1.54) is 19.2 Å². The molecule has 26 heavy (non-hydrogen) atoms. The number of rotatable bonds is 3.